The summed E-state index contributed by atoms with van der Waals surface area (Å²) in [5, 5.41) is 8.92. The third-order valence-electron chi connectivity index (χ3n) is 20.0. The van der Waals surface area contributed by atoms with Crippen molar-refractivity contribution in [3.8, 4) is 22.5 Å². The SMILES string of the molecule is CO[C@@H](C)c1ncc(C2CCN(C3CC3)CC2)cc1-c1c2c3cc(ccc3n1CCOC1CCOCC1)-c1csc(n1)[C@@H](N1CC3(CCC3)C1)[C@H](NC(=O)C13CC(C)(C1)[C@@H](C)O3)C(=O)N1CCC[C@H](N1)C(=O)OCC(C)(C)C2. The van der Waals surface area contributed by atoms with Crippen molar-refractivity contribution in [1.29, 1.82) is 0 Å². The fourth-order valence-electron chi connectivity index (χ4n) is 15.0. The number of methoxy groups -OCH3 is 1. The number of hydrazine groups is 1. The van der Waals surface area contributed by atoms with Crippen LogP contribution in [0.15, 0.2) is 35.8 Å². The van der Waals surface area contributed by atoms with Crippen LogP contribution in [-0.2, 0) is 51.0 Å². The zero-order valence-electron chi connectivity index (χ0n) is 46.9. The molecule has 6 saturated heterocycles. The molecule has 10 aliphatic rings. The van der Waals surface area contributed by atoms with Crippen molar-refractivity contribution in [2.45, 2.75) is 185 Å². The zero-order chi connectivity index (χ0) is 53.7. The van der Waals surface area contributed by atoms with E-state index in [1.54, 1.807) is 23.5 Å². The Morgan fingerprint density at radius 2 is 1.76 bits per heavy atom. The monoisotopic (exact) mass is 1090 g/mol. The minimum atomic E-state index is -0.998. The molecule has 1 spiro atoms. The second kappa shape index (κ2) is 20.6. The van der Waals surface area contributed by atoms with E-state index in [-0.39, 0.29) is 47.6 Å². The van der Waals surface area contributed by atoms with Crippen LogP contribution < -0.4 is 10.7 Å². The van der Waals surface area contributed by atoms with E-state index in [9.17, 15) is 9.59 Å². The summed E-state index contributed by atoms with van der Waals surface area (Å²) in [7, 11) is 1.76. The first-order valence-corrected chi connectivity index (χ1v) is 30.5. The van der Waals surface area contributed by atoms with Crippen LogP contribution in [0.25, 0.3) is 33.4 Å². The molecular weight excluding hydrogens is 1000 g/mol. The second-order valence-electron chi connectivity index (χ2n) is 26.3. The largest absolute Gasteiger partial charge is 0.464 e. The van der Waals surface area contributed by atoms with Crippen molar-refractivity contribution in [2.24, 2.45) is 16.2 Å². The zero-order valence-corrected chi connectivity index (χ0v) is 47.7. The van der Waals surface area contributed by atoms with Gasteiger partial charge in [-0.1, -0.05) is 33.3 Å². The van der Waals surface area contributed by atoms with Crippen molar-refractivity contribution in [3.05, 3.63) is 57.7 Å². The number of carbonyl (C=O) groups is 3. The van der Waals surface area contributed by atoms with E-state index in [1.165, 1.54) is 24.8 Å². The van der Waals surface area contributed by atoms with E-state index in [4.69, 9.17) is 33.7 Å². The van der Waals surface area contributed by atoms with Crippen LogP contribution in [0.2, 0.25) is 0 Å². The standard InChI is InChI=1S/C61H82N8O8S/c1-37(73-6)50-45(28-41(30-62-50)39-14-21-66(22-15-39)42-11-12-42)52-46-29-58(3,4)36-76-56(71)47-9-7-20-69(65-47)55(70)51(64-57(72)61-32-59(5,33-61)38(2)77-61)53(67-34-60(35-67)18-8-19-60)54-63-48(31-78-54)40-10-13-49(44(46)27-40)68(52)23-26-75-43-16-24-74-25-17-43/h10,13,27-28,30-31,37-39,42-43,47,51,53,65H,7-9,11-12,14-26,29,32-36H2,1-6H3,(H,64,72)/t37-,38+,47-,51-,53-,59?,61?/m0/s1. The maximum atomic E-state index is 15.4. The van der Waals surface area contributed by atoms with Crippen molar-refractivity contribution in [3.63, 3.8) is 0 Å². The number of hydrogen-bond acceptors (Lipinski definition) is 14. The minimum Gasteiger partial charge on any atom is -0.464 e. The summed E-state index contributed by atoms with van der Waals surface area (Å²) < 4.78 is 33.9. The van der Waals surface area contributed by atoms with Crippen molar-refractivity contribution >= 4 is 40.0 Å². The van der Waals surface area contributed by atoms with Crippen molar-refractivity contribution in [1.82, 2.24) is 40.1 Å². The predicted octanol–water partition coefficient (Wildman–Crippen LogP) is 8.66. The second-order valence-corrected chi connectivity index (χ2v) is 27.2. The van der Waals surface area contributed by atoms with E-state index in [0.717, 1.165) is 120 Å². The Labute approximate surface area is 463 Å². The van der Waals surface area contributed by atoms with Crippen LogP contribution in [0, 0.1) is 16.2 Å². The Morgan fingerprint density at radius 3 is 2.46 bits per heavy atom. The number of pyridine rings is 1. The summed E-state index contributed by atoms with van der Waals surface area (Å²) in [4.78, 5) is 60.6. The number of esters is 1. The van der Waals surface area contributed by atoms with E-state index in [0.29, 0.717) is 70.9 Å². The molecule has 1 aromatic carbocycles. The lowest BCUT2D eigenvalue weighted by Gasteiger charge is -2.59. The number of amides is 2. The minimum absolute atomic E-state index is 0.0650. The number of cyclic esters (lactones) is 1. The van der Waals surface area contributed by atoms with E-state index < -0.39 is 35.1 Å². The maximum absolute atomic E-state index is 15.4. The maximum Gasteiger partial charge on any atom is 0.324 e. The first-order chi connectivity index (χ1) is 37.6. The van der Waals surface area contributed by atoms with Gasteiger partial charge in [-0.15, -0.1) is 11.3 Å². The van der Waals surface area contributed by atoms with Gasteiger partial charge in [-0.3, -0.25) is 29.3 Å². The van der Waals surface area contributed by atoms with Crippen LogP contribution >= 0.6 is 11.3 Å². The molecule has 9 fully saturated rings. The quantitative estimate of drug-likeness (QED) is 0.130. The number of rotatable bonds is 12. The molecule has 2 amide bonds. The number of hydrogen-bond donors (Lipinski definition) is 2. The molecule has 5 atom stereocenters. The summed E-state index contributed by atoms with van der Waals surface area (Å²) >= 11 is 1.55. The number of likely N-dealkylation sites (tertiary alicyclic amines) is 2. The van der Waals surface area contributed by atoms with Crippen LogP contribution in [0.1, 0.15) is 158 Å². The van der Waals surface area contributed by atoms with Crippen LogP contribution in [0.5, 0.6) is 0 Å². The molecule has 4 aromatic rings. The first kappa shape index (κ1) is 53.0. The summed E-state index contributed by atoms with van der Waals surface area (Å²) in [5.74, 6) is -0.534. The van der Waals surface area contributed by atoms with Crippen LogP contribution in [0.4, 0.5) is 0 Å². The van der Waals surface area contributed by atoms with Gasteiger partial charge in [0.25, 0.3) is 11.8 Å². The number of nitrogens with zero attached hydrogens (tertiary/aromatic N) is 6. The molecule has 14 rings (SSSR count). The van der Waals surface area contributed by atoms with E-state index in [2.05, 4.69) is 88.6 Å². The molecule has 3 aliphatic carbocycles. The fourth-order valence-corrected chi connectivity index (χ4v) is 15.9. The highest BCUT2D eigenvalue weighted by Crippen LogP contribution is 2.61. The van der Waals surface area contributed by atoms with Crippen molar-refractivity contribution < 1.29 is 38.1 Å². The molecular formula is C61H82N8O8S. The van der Waals surface area contributed by atoms with Gasteiger partial charge in [-0.05, 0) is 151 Å². The molecule has 3 aromatic heterocycles. The molecule has 2 N–H and O–H groups in total. The number of fused-ring (bicyclic) bond motifs is 7. The number of thiazole rings is 1. The topological polar surface area (TPSA) is 162 Å². The molecule has 10 heterocycles. The summed E-state index contributed by atoms with van der Waals surface area (Å²) in [6.45, 7) is 17.6. The summed E-state index contributed by atoms with van der Waals surface area (Å²) in [6, 6.07) is 7.62. The van der Waals surface area contributed by atoms with Gasteiger partial charge >= 0.3 is 5.97 Å². The Hall–Kier alpha value is -4.33. The average Bonchev–Trinajstić information content (AvgIpc) is 4.03. The van der Waals surface area contributed by atoms with Gasteiger partial charge in [-0.2, -0.15) is 0 Å². The third kappa shape index (κ3) is 9.74. The molecule has 16 nitrogen and oxygen atoms in total. The highest BCUT2D eigenvalue weighted by atomic mass is 32.1. The highest BCUT2D eigenvalue weighted by molar-refractivity contribution is 7.10. The average molecular weight is 1090 g/mol. The Balaban J connectivity index is 0.948. The lowest BCUT2D eigenvalue weighted by molar-refractivity contribution is -0.160. The molecule has 3 saturated carbocycles. The van der Waals surface area contributed by atoms with E-state index in [1.807, 2.05) is 6.92 Å². The van der Waals surface area contributed by atoms with Gasteiger partial charge in [-0.25, -0.2) is 10.4 Å². The number of ether oxygens (including phenoxy) is 5. The van der Waals surface area contributed by atoms with Crippen LogP contribution in [0.3, 0.4) is 0 Å². The first-order valence-electron chi connectivity index (χ1n) is 29.7. The van der Waals surface area contributed by atoms with Gasteiger partial charge in [0.2, 0.25) is 0 Å². The predicted molar refractivity (Wildman–Crippen MR) is 298 cm³/mol. The summed E-state index contributed by atoms with van der Waals surface area (Å²) in [5.41, 5.74) is 10.3. The Kier molecular flexibility index (Phi) is 14.0. The van der Waals surface area contributed by atoms with Gasteiger partial charge in [0.1, 0.15) is 22.7 Å². The number of nitrogens with one attached hydrogen (secondary N) is 2. The molecule has 420 valence electrons. The van der Waals surface area contributed by atoms with Gasteiger partial charge < -0.3 is 38.5 Å². The molecule has 0 radical (unpaired) electrons. The lowest BCUT2D eigenvalue weighted by Crippen LogP contribution is -2.68. The number of aromatic nitrogens is 3. The van der Waals surface area contributed by atoms with Gasteiger partial charge in [0, 0.05) is 97.0 Å². The third-order valence-corrected chi connectivity index (χ3v) is 20.9. The summed E-state index contributed by atoms with van der Waals surface area (Å²) in [6.07, 6.45) is 14.9. The highest BCUT2D eigenvalue weighted by Gasteiger charge is 2.68. The molecule has 17 heteroatoms. The van der Waals surface area contributed by atoms with Gasteiger partial charge in [0.05, 0.1) is 54.6 Å². The van der Waals surface area contributed by atoms with Crippen molar-refractivity contribution in [2.75, 3.05) is 66.3 Å². The van der Waals surface area contributed by atoms with Gasteiger partial charge in [0.15, 0.2) is 0 Å². The molecule has 8 bridgehead atoms. The smallest absolute Gasteiger partial charge is 0.324 e. The lowest BCUT2D eigenvalue weighted by atomic mass is 9.61. The molecule has 7 aliphatic heterocycles. The number of carbonyl (C=O) groups excluding carboxylic acids is 3. The Morgan fingerprint density at radius 1 is 0.974 bits per heavy atom. The number of piperidine rings is 1. The molecule has 0 unspecified atom stereocenters. The fraction of sp³-hybridized carbons (Fsp3) is 0.689. The molecule has 78 heavy (non-hydrogen) atoms. The number of benzene rings is 1. The Bertz CT molecular complexity index is 2910. The normalized spacial score (nSPS) is 31.1. The van der Waals surface area contributed by atoms with E-state index >= 15 is 4.79 Å². The van der Waals surface area contributed by atoms with Crippen LogP contribution in [-0.4, -0.2) is 149 Å².